The van der Waals surface area contributed by atoms with E-state index in [4.69, 9.17) is 5.11 Å². The molecular weight excluding hydrogens is 264 g/mol. The number of carboxylic acid groups (broad SMARTS) is 1. The highest BCUT2D eigenvalue weighted by atomic mass is 16.6. The SMILES string of the molecule is CCC(C)(C)C(=O)Nc1cc([N+](=O)[O-])ccc1C(=O)O. The van der Waals surface area contributed by atoms with Crippen LogP contribution in [-0.4, -0.2) is 21.9 Å². The number of anilines is 1. The lowest BCUT2D eigenvalue weighted by atomic mass is 9.89. The first-order valence-electron chi connectivity index (χ1n) is 6.02. The van der Waals surface area contributed by atoms with Crippen LogP contribution in [-0.2, 0) is 4.79 Å². The lowest BCUT2D eigenvalue weighted by Gasteiger charge is -2.22. The maximum absolute atomic E-state index is 12.0. The van der Waals surface area contributed by atoms with Gasteiger partial charge in [0.05, 0.1) is 16.2 Å². The highest BCUT2D eigenvalue weighted by molar-refractivity contribution is 6.02. The van der Waals surface area contributed by atoms with Crippen molar-refractivity contribution in [2.45, 2.75) is 27.2 Å². The summed E-state index contributed by atoms with van der Waals surface area (Å²) < 4.78 is 0. The number of benzene rings is 1. The first-order valence-corrected chi connectivity index (χ1v) is 6.02. The second-order valence-electron chi connectivity index (χ2n) is 4.98. The van der Waals surface area contributed by atoms with Crippen LogP contribution in [0, 0.1) is 15.5 Å². The van der Waals surface area contributed by atoms with Crippen molar-refractivity contribution in [1.82, 2.24) is 0 Å². The zero-order valence-electron chi connectivity index (χ0n) is 11.5. The molecule has 1 aromatic rings. The molecule has 0 aromatic heterocycles. The molecule has 7 nitrogen and oxygen atoms in total. The minimum atomic E-state index is -1.26. The first-order chi connectivity index (χ1) is 9.19. The van der Waals surface area contributed by atoms with Gasteiger partial charge in [0.1, 0.15) is 0 Å². The molecule has 2 N–H and O–H groups in total. The molecule has 0 heterocycles. The van der Waals surface area contributed by atoms with Crippen LogP contribution in [0.5, 0.6) is 0 Å². The number of carbonyl (C=O) groups excluding carboxylic acids is 1. The largest absolute Gasteiger partial charge is 0.478 e. The molecule has 0 fully saturated rings. The molecule has 0 saturated carbocycles. The van der Waals surface area contributed by atoms with Gasteiger partial charge in [0.25, 0.3) is 5.69 Å². The highest BCUT2D eigenvalue weighted by Gasteiger charge is 2.27. The average Bonchev–Trinajstić information content (AvgIpc) is 2.38. The van der Waals surface area contributed by atoms with Gasteiger partial charge in [0.15, 0.2) is 0 Å². The molecule has 1 aromatic carbocycles. The van der Waals surface area contributed by atoms with E-state index < -0.39 is 16.3 Å². The van der Waals surface area contributed by atoms with Crippen LogP contribution in [0.1, 0.15) is 37.6 Å². The number of hydrogen-bond donors (Lipinski definition) is 2. The summed E-state index contributed by atoms with van der Waals surface area (Å²) >= 11 is 0. The van der Waals surface area contributed by atoms with Crippen molar-refractivity contribution in [3.8, 4) is 0 Å². The molecule has 0 radical (unpaired) electrons. The summed E-state index contributed by atoms with van der Waals surface area (Å²) in [5, 5.41) is 22.2. The number of carbonyl (C=O) groups is 2. The Kier molecular flexibility index (Phi) is 4.44. The quantitative estimate of drug-likeness (QED) is 0.636. The fourth-order valence-electron chi connectivity index (χ4n) is 1.39. The van der Waals surface area contributed by atoms with Gasteiger partial charge in [0, 0.05) is 17.5 Å². The summed E-state index contributed by atoms with van der Waals surface area (Å²) in [7, 11) is 0. The van der Waals surface area contributed by atoms with E-state index in [0.717, 1.165) is 18.2 Å². The molecular formula is C13H16N2O5. The maximum Gasteiger partial charge on any atom is 0.337 e. The lowest BCUT2D eigenvalue weighted by molar-refractivity contribution is -0.384. The van der Waals surface area contributed by atoms with Gasteiger partial charge in [-0.15, -0.1) is 0 Å². The van der Waals surface area contributed by atoms with Gasteiger partial charge < -0.3 is 10.4 Å². The number of nitrogens with zero attached hydrogens (tertiary/aromatic N) is 1. The number of nitrogens with one attached hydrogen (secondary N) is 1. The predicted octanol–water partition coefficient (Wildman–Crippen LogP) is 2.67. The van der Waals surface area contributed by atoms with Crippen LogP contribution < -0.4 is 5.32 Å². The van der Waals surface area contributed by atoms with E-state index in [-0.39, 0.29) is 22.8 Å². The number of hydrogen-bond acceptors (Lipinski definition) is 4. The third-order valence-corrected chi connectivity index (χ3v) is 3.19. The summed E-state index contributed by atoms with van der Waals surface area (Å²) in [6.07, 6.45) is 0.552. The van der Waals surface area contributed by atoms with Crippen LogP contribution >= 0.6 is 0 Å². The molecule has 108 valence electrons. The number of carboxylic acids is 1. The molecule has 0 unspecified atom stereocenters. The summed E-state index contributed by atoms with van der Waals surface area (Å²) in [4.78, 5) is 33.2. The third-order valence-electron chi connectivity index (χ3n) is 3.19. The molecule has 0 aliphatic heterocycles. The number of nitro benzene ring substituents is 1. The van der Waals surface area contributed by atoms with E-state index in [1.807, 2.05) is 6.92 Å². The van der Waals surface area contributed by atoms with Crippen LogP contribution in [0.25, 0.3) is 0 Å². The molecule has 1 rings (SSSR count). The Labute approximate surface area is 115 Å². The van der Waals surface area contributed by atoms with Crippen LogP contribution in [0.2, 0.25) is 0 Å². The van der Waals surface area contributed by atoms with E-state index in [9.17, 15) is 19.7 Å². The molecule has 7 heteroatoms. The number of non-ortho nitro benzene ring substituents is 1. The lowest BCUT2D eigenvalue weighted by Crippen LogP contribution is -2.30. The average molecular weight is 280 g/mol. The minimum Gasteiger partial charge on any atom is -0.478 e. The molecule has 0 spiro atoms. The smallest absolute Gasteiger partial charge is 0.337 e. The van der Waals surface area contributed by atoms with Gasteiger partial charge in [0.2, 0.25) is 5.91 Å². The third kappa shape index (κ3) is 3.31. The Morgan fingerprint density at radius 3 is 2.45 bits per heavy atom. The second kappa shape index (κ2) is 5.68. The van der Waals surface area contributed by atoms with Gasteiger partial charge in [-0.25, -0.2) is 4.79 Å². The monoisotopic (exact) mass is 280 g/mol. The van der Waals surface area contributed by atoms with Gasteiger partial charge in [-0.05, 0) is 12.5 Å². The summed E-state index contributed by atoms with van der Waals surface area (Å²) in [6.45, 7) is 5.24. The molecule has 20 heavy (non-hydrogen) atoms. The minimum absolute atomic E-state index is 0.0711. The zero-order chi connectivity index (χ0) is 15.5. The number of nitro groups is 1. The van der Waals surface area contributed by atoms with Crippen molar-refractivity contribution in [2.75, 3.05) is 5.32 Å². The van der Waals surface area contributed by atoms with E-state index >= 15 is 0 Å². The van der Waals surface area contributed by atoms with Crippen molar-refractivity contribution >= 4 is 23.3 Å². The van der Waals surface area contributed by atoms with E-state index in [0.29, 0.717) is 6.42 Å². The van der Waals surface area contributed by atoms with E-state index in [2.05, 4.69) is 5.32 Å². The van der Waals surface area contributed by atoms with Crippen molar-refractivity contribution in [3.05, 3.63) is 33.9 Å². The summed E-state index contributed by atoms with van der Waals surface area (Å²) in [5.74, 6) is -1.65. The predicted molar refractivity (Wildman–Crippen MR) is 72.8 cm³/mol. The van der Waals surface area contributed by atoms with Crippen molar-refractivity contribution < 1.29 is 19.6 Å². The van der Waals surface area contributed by atoms with Crippen LogP contribution in [0.4, 0.5) is 11.4 Å². The number of aromatic carboxylic acids is 1. The fourth-order valence-corrected chi connectivity index (χ4v) is 1.39. The normalized spacial score (nSPS) is 10.9. The molecule has 0 aliphatic carbocycles. The van der Waals surface area contributed by atoms with Gasteiger partial charge in [-0.2, -0.15) is 0 Å². The van der Waals surface area contributed by atoms with Crippen molar-refractivity contribution in [2.24, 2.45) is 5.41 Å². The van der Waals surface area contributed by atoms with Gasteiger partial charge in [-0.1, -0.05) is 20.8 Å². The van der Waals surface area contributed by atoms with Crippen molar-refractivity contribution in [3.63, 3.8) is 0 Å². The molecule has 0 atom stereocenters. The van der Waals surface area contributed by atoms with Crippen LogP contribution in [0.3, 0.4) is 0 Å². The van der Waals surface area contributed by atoms with Crippen LogP contribution in [0.15, 0.2) is 18.2 Å². The standard InChI is InChI=1S/C13H16N2O5/c1-4-13(2,3)12(18)14-10-7-8(15(19)20)5-6-9(10)11(16)17/h5-7H,4H2,1-3H3,(H,14,18)(H,16,17). The highest BCUT2D eigenvalue weighted by Crippen LogP contribution is 2.26. The number of amides is 1. The first kappa shape index (κ1) is 15.6. The van der Waals surface area contributed by atoms with Crippen molar-refractivity contribution in [1.29, 1.82) is 0 Å². The second-order valence-corrected chi connectivity index (χ2v) is 4.98. The van der Waals surface area contributed by atoms with E-state index in [1.165, 1.54) is 0 Å². The van der Waals surface area contributed by atoms with Gasteiger partial charge >= 0.3 is 5.97 Å². The molecule has 0 bridgehead atoms. The topological polar surface area (TPSA) is 110 Å². The summed E-state index contributed by atoms with van der Waals surface area (Å²) in [6, 6.07) is 3.24. The Hall–Kier alpha value is -2.44. The summed E-state index contributed by atoms with van der Waals surface area (Å²) in [5.41, 5.74) is -1.23. The number of rotatable bonds is 5. The maximum atomic E-state index is 12.0. The molecule has 0 aliphatic rings. The zero-order valence-corrected chi connectivity index (χ0v) is 11.5. The Bertz CT molecular complexity index is 566. The van der Waals surface area contributed by atoms with E-state index in [1.54, 1.807) is 13.8 Å². The Morgan fingerprint density at radius 2 is 2.00 bits per heavy atom. The molecule has 1 amide bonds. The Balaban J connectivity index is 3.21. The Morgan fingerprint density at radius 1 is 1.40 bits per heavy atom. The van der Waals surface area contributed by atoms with Gasteiger partial charge in [-0.3, -0.25) is 14.9 Å². The molecule has 0 saturated heterocycles. The fraction of sp³-hybridized carbons (Fsp3) is 0.385.